The number of hydrogen-bond acceptors (Lipinski definition) is 7. The van der Waals surface area contributed by atoms with Crippen LogP contribution in [0.25, 0.3) is 10.1 Å². The topological polar surface area (TPSA) is 82.1 Å². The fourth-order valence-electron chi connectivity index (χ4n) is 3.60. The van der Waals surface area contributed by atoms with Gasteiger partial charge in [-0.15, -0.1) is 34.5 Å². The molecule has 0 fully saturated rings. The molecule has 0 unspecified atom stereocenters. The summed E-state index contributed by atoms with van der Waals surface area (Å²) >= 11 is 12.7. The van der Waals surface area contributed by atoms with Crippen molar-refractivity contribution in [3.05, 3.63) is 18.2 Å². The van der Waals surface area contributed by atoms with Crippen LogP contribution in [0.4, 0.5) is 4.79 Å². The minimum atomic E-state index is -4.17. The van der Waals surface area contributed by atoms with Crippen LogP contribution in [0, 0.1) is 0 Å². The van der Waals surface area contributed by atoms with E-state index >= 15 is 0 Å². The Hall–Kier alpha value is -1.42. The number of carbonyl (C=O) groups excluding carboxylic acids is 1. The number of sulfonamides is 1. The summed E-state index contributed by atoms with van der Waals surface area (Å²) in [6.45, 7) is 9.78. The average Bonchev–Trinajstić information content (AvgIpc) is 3.25. The second-order valence-electron chi connectivity index (χ2n) is 9.64. The molecular weight excluding hydrogens is 557 g/mol. The van der Waals surface area contributed by atoms with E-state index in [2.05, 4.69) is 0 Å². The van der Waals surface area contributed by atoms with Crippen molar-refractivity contribution in [3.8, 4) is 11.5 Å². The van der Waals surface area contributed by atoms with Crippen LogP contribution in [0.1, 0.15) is 73.1 Å². The summed E-state index contributed by atoms with van der Waals surface area (Å²) in [5.41, 5.74) is -0.831. The van der Waals surface area contributed by atoms with Crippen LogP contribution in [0.15, 0.2) is 22.4 Å². The molecule has 2 aromatic rings. The van der Waals surface area contributed by atoms with Crippen molar-refractivity contribution < 1.29 is 27.4 Å². The summed E-state index contributed by atoms with van der Waals surface area (Å²) in [6.07, 6.45) is 3.31. The normalized spacial score (nSPS) is 12.2. The molecule has 0 atom stereocenters. The average molecular weight is 597 g/mol. The Bertz CT molecular complexity index is 1060. The Kier molecular flexibility index (Phi) is 12.6. The highest BCUT2D eigenvalue weighted by atomic mass is 35.5. The number of carbonyl (C=O) groups is 1. The summed E-state index contributed by atoms with van der Waals surface area (Å²) in [6, 6.07) is 4.65. The minimum absolute atomic E-state index is 0.0626. The zero-order valence-electron chi connectivity index (χ0n) is 22.3. The van der Waals surface area contributed by atoms with Gasteiger partial charge in [0.15, 0.2) is 11.5 Å². The first-order valence-electron chi connectivity index (χ1n) is 12.7. The maximum atomic E-state index is 13.8. The molecule has 210 valence electrons. The first-order valence-corrected chi connectivity index (χ1v) is 16.0. The second-order valence-corrected chi connectivity index (χ2v) is 13.5. The number of rotatable bonds is 15. The highest BCUT2D eigenvalue weighted by Crippen LogP contribution is 2.40. The number of hydrogen-bond donors (Lipinski definition) is 0. The van der Waals surface area contributed by atoms with E-state index < -0.39 is 27.8 Å². The van der Waals surface area contributed by atoms with Crippen LogP contribution in [0.5, 0.6) is 11.5 Å². The smallest absolute Gasteiger partial charge is 0.424 e. The number of ether oxygens (including phenoxy) is 3. The molecule has 0 spiro atoms. The molecule has 0 N–H and O–H groups in total. The third-order valence-corrected chi connectivity index (χ3v) is 9.39. The molecule has 7 nitrogen and oxygen atoms in total. The minimum Gasteiger partial charge on any atom is -0.490 e. The van der Waals surface area contributed by atoms with Crippen molar-refractivity contribution in [2.24, 2.45) is 0 Å². The largest absolute Gasteiger partial charge is 0.490 e. The predicted molar refractivity (Wildman–Crippen MR) is 152 cm³/mol. The Balaban J connectivity index is 2.48. The van der Waals surface area contributed by atoms with Gasteiger partial charge < -0.3 is 14.2 Å². The molecule has 0 saturated carbocycles. The van der Waals surface area contributed by atoms with Crippen LogP contribution >= 0.6 is 34.5 Å². The van der Waals surface area contributed by atoms with Crippen molar-refractivity contribution >= 4 is 60.7 Å². The number of halogens is 2. The second kappa shape index (κ2) is 14.7. The fraction of sp³-hybridized carbons (Fsp3) is 0.654. The van der Waals surface area contributed by atoms with Crippen molar-refractivity contribution in [1.29, 1.82) is 0 Å². The third-order valence-electron chi connectivity index (χ3n) is 5.49. The first-order chi connectivity index (χ1) is 17.5. The van der Waals surface area contributed by atoms with Crippen LogP contribution in [-0.4, -0.2) is 55.4 Å². The first kappa shape index (κ1) is 31.8. The van der Waals surface area contributed by atoms with Gasteiger partial charge in [0.25, 0.3) is 10.0 Å². The maximum Gasteiger partial charge on any atom is 0.424 e. The van der Waals surface area contributed by atoms with Crippen molar-refractivity contribution in [2.75, 3.05) is 25.0 Å². The lowest BCUT2D eigenvalue weighted by atomic mass is 10.2. The van der Waals surface area contributed by atoms with Gasteiger partial charge >= 0.3 is 6.09 Å². The van der Waals surface area contributed by atoms with Gasteiger partial charge in [-0.2, -0.15) is 12.7 Å². The van der Waals surface area contributed by atoms with Crippen molar-refractivity contribution in [1.82, 2.24) is 4.31 Å². The molecule has 2 rings (SSSR count). The van der Waals surface area contributed by atoms with Crippen LogP contribution < -0.4 is 9.47 Å². The van der Waals surface area contributed by atoms with Gasteiger partial charge in [-0.05, 0) is 76.8 Å². The maximum absolute atomic E-state index is 13.8. The number of thiophene rings is 1. The molecule has 1 heterocycles. The molecular formula is C26H39Cl2NO6S2. The zero-order chi connectivity index (χ0) is 27.6. The van der Waals surface area contributed by atoms with Gasteiger partial charge in [-0.1, -0.05) is 13.8 Å². The monoisotopic (exact) mass is 595 g/mol. The molecule has 1 aromatic heterocycles. The van der Waals surface area contributed by atoms with E-state index in [0.29, 0.717) is 59.4 Å². The molecule has 0 aliphatic carbocycles. The summed E-state index contributed by atoms with van der Waals surface area (Å²) in [4.78, 5) is 13.1. The van der Waals surface area contributed by atoms with Gasteiger partial charge in [0.05, 0.1) is 19.3 Å². The van der Waals surface area contributed by atoms with E-state index in [1.807, 2.05) is 13.8 Å². The molecule has 37 heavy (non-hydrogen) atoms. The number of nitrogens with zero attached hydrogens (tertiary/aromatic N) is 1. The summed E-state index contributed by atoms with van der Waals surface area (Å²) in [7, 11) is -4.17. The lowest BCUT2D eigenvalue weighted by Crippen LogP contribution is -2.46. The van der Waals surface area contributed by atoms with E-state index in [0.717, 1.165) is 41.3 Å². The third kappa shape index (κ3) is 9.08. The predicted octanol–water partition coefficient (Wildman–Crippen LogP) is 7.81. The highest BCUT2D eigenvalue weighted by molar-refractivity contribution is 7.92. The van der Waals surface area contributed by atoms with Gasteiger partial charge in [0, 0.05) is 22.5 Å². The molecule has 0 saturated heterocycles. The standard InChI is InChI=1S/C26H39Cl2NO6S2/c1-6-20(7-2)29(25(30)35-26(3,4)5)37(31,32)24-17-19-16-21(33-14-10-8-12-27)22(18-23(19)36-24)34-15-11-9-13-28/h16-18,20H,6-15H2,1-5H3. The summed E-state index contributed by atoms with van der Waals surface area (Å²) in [5.74, 6) is 2.20. The van der Waals surface area contributed by atoms with Crippen LogP contribution in [0.2, 0.25) is 0 Å². The molecule has 0 aliphatic heterocycles. The SMILES string of the molecule is CCC(CC)N(C(=O)OC(C)(C)C)S(=O)(=O)c1cc2cc(OCCCCCl)c(OCCCCCl)cc2s1. The van der Waals surface area contributed by atoms with Gasteiger partial charge in [-0.3, -0.25) is 0 Å². The molecule has 0 bridgehead atoms. The molecule has 0 radical (unpaired) electrons. The van der Waals surface area contributed by atoms with Gasteiger partial charge in [0.2, 0.25) is 0 Å². The van der Waals surface area contributed by atoms with Gasteiger partial charge in [-0.25, -0.2) is 4.79 Å². The molecule has 11 heteroatoms. The quantitative estimate of drug-likeness (QED) is 0.154. The molecule has 1 aromatic carbocycles. The number of benzene rings is 1. The number of fused-ring (bicyclic) bond motifs is 1. The van der Waals surface area contributed by atoms with E-state index in [-0.39, 0.29) is 4.21 Å². The van der Waals surface area contributed by atoms with Crippen molar-refractivity contribution in [3.63, 3.8) is 0 Å². The van der Waals surface area contributed by atoms with E-state index in [4.69, 9.17) is 37.4 Å². The van der Waals surface area contributed by atoms with Gasteiger partial charge in [0.1, 0.15) is 9.81 Å². The van der Waals surface area contributed by atoms with E-state index in [1.54, 1.807) is 39.0 Å². The lowest BCUT2D eigenvalue weighted by Gasteiger charge is -2.31. The van der Waals surface area contributed by atoms with Crippen molar-refractivity contribution in [2.45, 2.75) is 89.0 Å². The van der Waals surface area contributed by atoms with E-state index in [1.165, 1.54) is 0 Å². The molecule has 1 amide bonds. The van der Waals surface area contributed by atoms with Crippen LogP contribution in [0.3, 0.4) is 0 Å². The fourth-order valence-corrected chi connectivity index (χ4v) is 7.11. The Labute approximate surface area is 235 Å². The highest BCUT2D eigenvalue weighted by Gasteiger charge is 2.38. The number of unbranched alkanes of at least 4 members (excludes halogenated alkanes) is 2. The Morgan fingerprint density at radius 3 is 1.97 bits per heavy atom. The number of alkyl halides is 2. The van der Waals surface area contributed by atoms with Crippen LogP contribution in [-0.2, 0) is 14.8 Å². The number of amides is 1. The zero-order valence-corrected chi connectivity index (χ0v) is 25.5. The Morgan fingerprint density at radius 1 is 0.946 bits per heavy atom. The summed E-state index contributed by atoms with van der Waals surface area (Å²) in [5, 5.41) is 0.692. The molecule has 0 aliphatic rings. The Morgan fingerprint density at radius 2 is 1.49 bits per heavy atom. The lowest BCUT2D eigenvalue weighted by molar-refractivity contribution is 0.0333. The van der Waals surface area contributed by atoms with E-state index in [9.17, 15) is 13.2 Å². The summed E-state index contributed by atoms with van der Waals surface area (Å²) < 4.78 is 46.7.